The first-order valence-corrected chi connectivity index (χ1v) is 5.78. The zero-order valence-corrected chi connectivity index (χ0v) is 10.7. The molecule has 0 aliphatic carbocycles. The van der Waals surface area contributed by atoms with Crippen LogP contribution in [0.25, 0.3) is 0 Å². The van der Waals surface area contributed by atoms with Crippen LogP contribution < -0.4 is 5.32 Å². The Morgan fingerprint density at radius 3 is 2.62 bits per heavy atom. The van der Waals surface area contributed by atoms with E-state index in [-0.39, 0.29) is 0 Å². The summed E-state index contributed by atoms with van der Waals surface area (Å²) in [6.45, 7) is 3.93. The Hall–Kier alpha value is -1.42. The van der Waals surface area contributed by atoms with Crippen molar-refractivity contribution in [3.05, 3.63) is 46.3 Å². The fourth-order valence-electron chi connectivity index (χ4n) is 1.47. The first kappa shape index (κ1) is 11.1. The summed E-state index contributed by atoms with van der Waals surface area (Å²) in [6.07, 6.45) is 0. The highest BCUT2D eigenvalue weighted by Crippen LogP contribution is 2.18. The van der Waals surface area contributed by atoms with Gasteiger partial charge in [-0.3, -0.25) is 0 Å². The highest BCUT2D eigenvalue weighted by atomic mass is 79.9. The molecule has 1 N–H and O–H groups in total. The SMILES string of the molecule is Cc1cccc(Nc2cc(Br)nc(C)n2)c1. The van der Waals surface area contributed by atoms with E-state index in [0.29, 0.717) is 0 Å². The number of aryl methyl sites for hydroxylation is 2. The summed E-state index contributed by atoms with van der Waals surface area (Å²) in [5.41, 5.74) is 2.25. The normalized spacial score (nSPS) is 10.2. The zero-order chi connectivity index (χ0) is 11.5. The fraction of sp³-hybridized carbons (Fsp3) is 0.167. The molecule has 0 saturated carbocycles. The third-order valence-corrected chi connectivity index (χ3v) is 2.50. The molecule has 2 rings (SSSR count). The van der Waals surface area contributed by atoms with Gasteiger partial charge in [-0.15, -0.1) is 0 Å². The van der Waals surface area contributed by atoms with Crippen LogP contribution in [-0.4, -0.2) is 9.97 Å². The number of nitrogens with zero attached hydrogens (tertiary/aromatic N) is 2. The van der Waals surface area contributed by atoms with Gasteiger partial charge in [0.25, 0.3) is 0 Å². The van der Waals surface area contributed by atoms with E-state index in [9.17, 15) is 0 Å². The Morgan fingerprint density at radius 2 is 1.94 bits per heavy atom. The van der Waals surface area contributed by atoms with E-state index in [1.54, 1.807) is 0 Å². The lowest BCUT2D eigenvalue weighted by molar-refractivity contribution is 1.04. The monoisotopic (exact) mass is 277 g/mol. The molecular formula is C12H12BrN3. The number of aromatic nitrogens is 2. The van der Waals surface area contributed by atoms with Gasteiger partial charge < -0.3 is 5.32 Å². The van der Waals surface area contributed by atoms with Crippen LogP contribution in [0.3, 0.4) is 0 Å². The van der Waals surface area contributed by atoms with Gasteiger partial charge in [-0.1, -0.05) is 12.1 Å². The first-order valence-electron chi connectivity index (χ1n) is 4.98. The molecule has 2 aromatic rings. The maximum absolute atomic E-state index is 4.31. The highest BCUT2D eigenvalue weighted by molar-refractivity contribution is 9.10. The van der Waals surface area contributed by atoms with Crippen LogP contribution in [-0.2, 0) is 0 Å². The minimum absolute atomic E-state index is 0.740. The van der Waals surface area contributed by atoms with Gasteiger partial charge in [0.2, 0.25) is 0 Å². The van der Waals surface area contributed by atoms with Crippen molar-refractivity contribution in [2.75, 3.05) is 5.32 Å². The molecule has 0 aliphatic rings. The van der Waals surface area contributed by atoms with Crippen molar-refractivity contribution >= 4 is 27.4 Å². The second-order valence-electron chi connectivity index (χ2n) is 3.62. The fourth-order valence-corrected chi connectivity index (χ4v) is 1.94. The molecule has 82 valence electrons. The van der Waals surface area contributed by atoms with Crippen LogP contribution >= 0.6 is 15.9 Å². The second kappa shape index (κ2) is 4.61. The Kier molecular flexibility index (Phi) is 3.19. The van der Waals surface area contributed by atoms with Crippen molar-refractivity contribution in [3.8, 4) is 0 Å². The van der Waals surface area contributed by atoms with Crippen LogP contribution in [0.15, 0.2) is 34.9 Å². The molecule has 3 nitrogen and oxygen atoms in total. The molecule has 1 heterocycles. The third kappa shape index (κ3) is 2.79. The van der Waals surface area contributed by atoms with Crippen molar-refractivity contribution in [2.24, 2.45) is 0 Å². The predicted molar refractivity (Wildman–Crippen MR) is 68.9 cm³/mol. The molecule has 0 spiro atoms. The van der Waals surface area contributed by atoms with Gasteiger partial charge >= 0.3 is 0 Å². The lowest BCUT2D eigenvalue weighted by atomic mass is 10.2. The molecule has 0 atom stereocenters. The number of nitrogens with one attached hydrogen (secondary N) is 1. The molecule has 0 unspecified atom stereocenters. The number of benzene rings is 1. The summed E-state index contributed by atoms with van der Waals surface area (Å²) in [5, 5.41) is 3.25. The molecule has 0 radical (unpaired) electrons. The summed E-state index contributed by atoms with van der Waals surface area (Å²) in [6, 6.07) is 10.0. The van der Waals surface area contributed by atoms with Crippen LogP contribution in [0.5, 0.6) is 0 Å². The molecule has 1 aromatic heterocycles. The molecule has 16 heavy (non-hydrogen) atoms. The largest absolute Gasteiger partial charge is 0.340 e. The molecular weight excluding hydrogens is 266 g/mol. The number of halogens is 1. The molecule has 0 amide bonds. The summed E-state index contributed by atoms with van der Waals surface area (Å²) in [4.78, 5) is 8.47. The summed E-state index contributed by atoms with van der Waals surface area (Å²) in [5.74, 6) is 1.54. The van der Waals surface area contributed by atoms with Crippen molar-refractivity contribution in [1.29, 1.82) is 0 Å². The highest BCUT2D eigenvalue weighted by Gasteiger charge is 2.00. The number of rotatable bonds is 2. The molecule has 0 bridgehead atoms. The zero-order valence-electron chi connectivity index (χ0n) is 9.16. The maximum Gasteiger partial charge on any atom is 0.135 e. The molecule has 0 aliphatic heterocycles. The average Bonchev–Trinajstić information content (AvgIpc) is 2.15. The lowest BCUT2D eigenvalue weighted by Crippen LogP contribution is -1.97. The van der Waals surface area contributed by atoms with E-state index >= 15 is 0 Å². The number of anilines is 2. The Labute approximate surface area is 103 Å². The smallest absolute Gasteiger partial charge is 0.135 e. The maximum atomic E-state index is 4.31. The number of hydrogen-bond acceptors (Lipinski definition) is 3. The molecule has 0 saturated heterocycles. The van der Waals surface area contributed by atoms with Crippen molar-refractivity contribution in [3.63, 3.8) is 0 Å². The second-order valence-corrected chi connectivity index (χ2v) is 4.43. The van der Waals surface area contributed by atoms with Crippen LogP contribution in [0.1, 0.15) is 11.4 Å². The van der Waals surface area contributed by atoms with Gasteiger partial charge in [-0.2, -0.15) is 0 Å². The van der Waals surface area contributed by atoms with Crippen molar-refractivity contribution in [2.45, 2.75) is 13.8 Å². The van der Waals surface area contributed by atoms with Gasteiger partial charge in [-0.25, -0.2) is 9.97 Å². The number of hydrogen-bond donors (Lipinski definition) is 1. The Morgan fingerprint density at radius 1 is 1.12 bits per heavy atom. The summed E-state index contributed by atoms with van der Waals surface area (Å²) < 4.78 is 0.787. The Balaban J connectivity index is 2.27. The van der Waals surface area contributed by atoms with E-state index in [4.69, 9.17) is 0 Å². The minimum atomic E-state index is 0.740. The third-order valence-electron chi connectivity index (χ3n) is 2.10. The van der Waals surface area contributed by atoms with Gasteiger partial charge in [0, 0.05) is 11.8 Å². The quantitative estimate of drug-likeness (QED) is 0.853. The molecule has 0 fully saturated rings. The summed E-state index contributed by atoms with van der Waals surface area (Å²) >= 11 is 3.35. The van der Waals surface area contributed by atoms with Crippen LogP contribution in [0.4, 0.5) is 11.5 Å². The lowest BCUT2D eigenvalue weighted by Gasteiger charge is -2.07. The van der Waals surface area contributed by atoms with Crippen molar-refractivity contribution in [1.82, 2.24) is 9.97 Å². The minimum Gasteiger partial charge on any atom is -0.340 e. The standard InChI is InChI=1S/C12H12BrN3/c1-8-4-3-5-10(6-8)16-12-7-11(13)14-9(2)15-12/h3-7H,1-2H3,(H,14,15,16). The van der Waals surface area contributed by atoms with E-state index < -0.39 is 0 Å². The van der Waals surface area contributed by atoms with E-state index in [2.05, 4.69) is 50.3 Å². The predicted octanol–water partition coefficient (Wildman–Crippen LogP) is 3.60. The Bertz CT molecular complexity index is 491. The van der Waals surface area contributed by atoms with Gasteiger partial charge in [0.15, 0.2) is 0 Å². The van der Waals surface area contributed by atoms with Crippen LogP contribution in [0.2, 0.25) is 0 Å². The van der Waals surface area contributed by atoms with Crippen molar-refractivity contribution < 1.29 is 0 Å². The van der Waals surface area contributed by atoms with E-state index in [1.165, 1.54) is 5.56 Å². The topological polar surface area (TPSA) is 37.8 Å². The molecule has 4 heteroatoms. The van der Waals surface area contributed by atoms with Crippen LogP contribution in [0, 0.1) is 13.8 Å². The molecule has 1 aromatic carbocycles. The summed E-state index contributed by atoms with van der Waals surface area (Å²) in [7, 11) is 0. The van der Waals surface area contributed by atoms with E-state index in [1.807, 2.05) is 25.1 Å². The van der Waals surface area contributed by atoms with E-state index in [0.717, 1.165) is 21.9 Å². The van der Waals surface area contributed by atoms with Gasteiger partial charge in [0.1, 0.15) is 16.2 Å². The van der Waals surface area contributed by atoms with Gasteiger partial charge in [0.05, 0.1) is 0 Å². The first-order chi connectivity index (χ1) is 7.63. The average molecular weight is 278 g/mol. The van der Waals surface area contributed by atoms with Gasteiger partial charge in [-0.05, 0) is 47.5 Å².